The molecule has 0 saturated carbocycles. The van der Waals surface area contributed by atoms with Gasteiger partial charge in [-0.3, -0.25) is 9.59 Å². The van der Waals surface area contributed by atoms with Gasteiger partial charge in [-0.05, 0) is 30.7 Å². The molecule has 4 nitrogen and oxygen atoms in total. The lowest BCUT2D eigenvalue weighted by Gasteiger charge is -2.10. The number of Topliss-reactive ketones (excluding diaryl/α,β-unsaturated/α-hetero) is 2. The maximum absolute atomic E-state index is 12.3. The molecule has 0 bridgehead atoms. The molecule has 0 radical (unpaired) electrons. The minimum atomic E-state index is -0.553. The van der Waals surface area contributed by atoms with E-state index < -0.39 is 5.92 Å². The van der Waals surface area contributed by atoms with Gasteiger partial charge in [0.1, 0.15) is 5.75 Å². The van der Waals surface area contributed by atoms with Crippen LogP contribution in [0.1, 0.15) is 27.1 Å². The first-order chi connectivity index (χ1) is 10.7. The van der Waals surface area contributed by atoms with Gasteiger partial charge in [0.15, 0.2) is 11.6 Å². The van der Waals surface area contributed by atoms with Crippen LogP contribution >= 0.6 is 0 Å². The lowest BCUT2D eigenvalue weighted by Crippen LogP contribution is -2.19. The van der Waals surface area contributed by atoms with E-state index in [0.29, 0.717) is 24.1 Å². The van der Waals surface area contributed by atoms with E-state index in [4.69, 9.17) is 4.74 Å². The number of hydrogen-bond donors (Lipinski definition) is 1. The van der Waals surface area contributed by atoms with Gasteiger partial charge in [-0.2, -0.15) is 0 Å². The van der Waals surface area contributed by atoms with Crippen molar-refractivity contribution in [3.63, 3.8) is 0 Å². The number of rotatable bonds is 5. The zero-order chi connectivity index (χ0) is 15.5. The second kappa shape index (κ2) is 6.02. The zero-order valence-electron chi connectivity index (χ0n) is 12.3. The smallest absolute Gasteiger partial charge is 0.174 e. The van der Waals surface area contributed by atoms with Crippen LogP contribution in [0.25, 0.3) is 0 Å². The van der Waals surface area contributed by atoms with Crippen molar-refractivity contribution < 1.29 is 14.3 Å². The number of carbonyl (C=O) groups is 2. The van der Waals surface area contributed by atoms with E-state index in [1.165, 1.54) is 0 Å². The van der Waals surface area contributed by atoms with Crippen LogP contribution in [0.15, 0.2) is 48.5 Å². The topological polar surface area (TPSA) is 55.4 Å². The van der Waals surface area contributed by atoms with Crippen molar-refractivity contribution in [1.82, 2.24) is 0 Å². The first-order valence-electron chi connectivity index (χ1n) is 7.26. The van der Waals surface area contributed by atoms with Crippen LogP contribution in [0.2, 0.25) is 0 Å². The van der Waals surface area contributed by atoms with Crippen LogP contribution in [0.4, 0.5) is 5.69 Å². The van der Waals surface area contributed by atoms with E-state index in [0.717, 1.165) is 11.4 Å². The molecule has 0 aromatic heterocycles. The Labute approximate surface area is 129 Å². The maximum atomic E-state index is 12.3. The van der Waals surface area contributed by atoms with E-state index in [9.17, 15) is 9.59 Å². The Hall–Kier alpha value is -2.62. The van der Waals surface area contributed by atoms with Crippen molar-refractivity contribution in [3.8, 4) is 5.75 Å². The molecule has 0 heterocycles. The largest absolute Gasteiger partial charge is 0.497 e. The summed E-state index contributed by atoms with van der Waals surface area (Å²) in [4.78, 5) is 24.5. The Morgan fingerprint density at radius 3 is 2.09 bits per heavy atom. The number of ketones is 2. The van der Waals surface area contributed by atoms with Crippen LogP contribution in [0.5, 0.6) is 5.75 Å². The molecule has 0 unspecified atom stereocenters. The molecule has 3 rings (SSSR count). The maximum Gasteiger partial charge on any atom is 0.174 e. The molecule has 4 heteroatoms. The predicted molar refractivity (Wildman–Crippen MR) is 84.7 cm³/mol. The fraction of sp³-hybridized carbons (Fsp3) is 0.222. The van der Waals surface area contributed by atoms with Crippen molar-refractivity contribution >= 4 is 17.3 Å². The number of nitrogens with one attached hydrogen (secondary N) is 1. The van der Waals surface area contributed by atoms with Crippen LogP contribution in [0.3, 0.4) is 0 Å². The fourth-order valence-corrected chi connectivity index (χ4v) is 2.74. The molecule has 0 amide bonds. The lowest BCUT2D eigenvalue weighted by molar-refractivity contribution is 0.0834. The highest BCUT2D eigenvalue weighted by molar-refractivity contribution is 6.26. The first-order valence-corrected chi connectivity index (χ1v) is 7.26. The predicted octanol–water partition coefficient (Wildman–Crippen LogP) is 3.19. The Morgan fingerprint density at radius 1 is 0.955 bits per heavy atom. The van der Waals surface area contributed by atoms with Crippen molar-refractivity contribution in [1.29, 1.82) is 0 Å². The average Bonchev–Trinajstić information content (AvgIpc) is 2.81. The van der Waals surface area contributed by atoms with Gasteiger partial charge in [0.25, 0.3) is 0 Å². The summed E-state index contributed by atoms with van der Waals surface area (Å²) in [6.07, 6.45) is 0.498. The molecule has 2 aromatic rings. The third-order valence-corrected chi connectivity index (χ3v) is 3.94. The SMILES string of the molecule is COc1ccc(NCCC2C(=O)c3ccccc3C2=O)cc1. The second-order valence-corrected chi connectivity index (χ2v) is 5.27. The van der Waals surface area contributed by atoms with Gasteiger partial charge < -0.3 is 10.1 Å². The van der Waals surface area contributed by atoms with E-state index in [1.54, 1.807) is 31.4 Å². The van der Waals surface area contributed by atoms with Gasteiger partial charge in [0.2, 0.25) is 0 Å². The lowest BCUT2D eigenvalue weighted by atomic mass is 10.00. The molecular formula is C18H17NO3. The molecule has 0 saturated heterocycles. The van der Waals surface area contributed by atoms with Gasteiger partial charge in [0.05, 0.1) is 13.0 Å². The Kier molecular flexibility index (Phi) is 3.92. The molecule has 0 atom stereocenters. The average molecular weight is 295 g/mol. The molecule has 1 N–H and O–H groups in total. The van der Waals surface area contributed by atoms with E-state index >= 15 is 0 Å². The molecule has 112 valence electrons. The summed E-state index contributed by atoms with van der Waals surface area (Å²) in [5.74, 6) is 0.125. The van der Waals surface area contributed by atoms with Crippen LogP contribution in [-0.2, 0) is 0 Å². The standard InChI is InChI=1S/C18H17NO3/c1-22-13-8-6-12(7-9-13)19-11-10-16-17(20)14-4-2-3-5-15(14)18(16)21/h2-9,16,19H,10-11H2,1H3. The Morgan fingerprint density at radius 2 is 1.55 bits per heavy atom. The van der Waals surface area contributed by atoms with Crippen molar-refractivity contribution in [2.75, 3.05) is 19.0 Å². The van der Waals surface area contributed by atoms with Gasteiger partial charge in [-0.15, -0.1) is 0 Å². The summed E-state index contributed by atoms with van der Waals surface area (Å²) in [6, 6.07) is 14.6. The van der Waals surface area contributed by atoms with Gasteiger partial charge in [-0.25, -0.2) is 0 Å². The van der Waals surface area contributed by atoms with Gasteiger partial charge >= 0.3 is 0 Å². The summed E-state index contributed by atoms with van der Waals surface area (Å²) >= 11 is 0. The third-order valence-electron chi connectivity index (χ3n) is 3.94. The monoisotopic (exact) mass is 295 g/mol. The second-order valence-electron chi connectivity index (χ2n) is 5.27. The summed E-state index contributed by atoms with van der Waals surface area (Å²) < 4.78 is 5.10. The molecule has 1 aliphatic rings. The minimum absolute atomic E-state index is 0.0582. The number of anilines is 1. The summed E-state index contributed by atoms with van der Waals surface area (Å²) in [6.45, 7) is 0.572. The summed E-state index contributed by atoms with van der Waals surface area (Å²) in [5.41, 5.74) is 2.06. The molecule has 0 fully saturated rings. The van der Waals surface area contributed by atoms with Gasteiger partial charge in [0, 0.05) is 23.4 Å². The molecule has 1 aliphatic carbocycles. The fourth-order valence-electron chi connectivity index (χ4n) is 2.74. The summed E-state index contributed by atoms with van der Waals surface area (Å²) in [5, 5.41) is 3.23. The molecule has 2 aromatic carbocycles. The number of ether oxygens (including phenoxy) is 1. The number of methoxy groups -OCH3 is 1. The molecule has 0 aliphatic heterocycles. The number of carbonyl (C=O) groups excluding carboxylic acids is 2. The summed E-state index contributed by atoms with van der Waals surface area (Å²) in [7, 11) is 1.62. The Bertz CT molecular complexity index is 672. The highest BCUT2D eigenvalue weighted by atomic mass is 16.5. The third kappa shape index (κ3) is 2.60. The van der Waals surface area contributed by atoms with Crippen LogP contribution in [0, 0.1) is 5.92 Å². The van der Waals surface area contributed by atoms with Crippen LogP contribution < -0.4 is 10.1 Å². The van der Waals surface area contributed by atoms with Gasteiger partial charge in [-0.1, -0.05) is 24.3 Å². The highest BCUT2D eigenvalue weighted by Crippen LogP contribution is 2.28. The molecule has 22 heavy (non-hydrogen) atoms. The highest BCUT2D eigenvalue weighted by Gasteiger charge is 2.37. The van der Waals surface area contributed by atoms with Crippen molar-refractivity contribution in [2.45, 2.75) is 6.42 Å². The quantitative estimate of drug-likeness (QED) is 0.861. The normalized spacial score (nSPS) is 14.0. The Balaban J connectivity index is 1.60. The van der Waals surface area contributed by atoms with E-state index in [1.807, 2.05) is 24.3 Å². The number of benzene rings is 2. The molecule has 0 spiro atoms. The van der Waals surface area contributed by atoms with E-state index in [2.05, 4.69) is 5.32 Å². The van der Waals surface area contributed by atoms with Crippen molar-refractivity contribution in [3.05, 3.63) is 59.7 Å². The number of hydrogen-bond acceptors (Lipinski definition) is 4. The molecular weight excluding hydrogens is 278 g/mol. The first kappa shape index (κ1) is 14.3. The zero-order valence-corrected chi connectivity index (χ0v) is 12.3. The number of fused-ring (bicyclic) bond motifs is 1. The van der Waals surface area contributed by atoms with Crippen molar-refractivity contribution in [2.24, 2.45) is 5.92 Å². The minimum Gasteiger partial charge on any atom is -0.497 e. The van der Waals surface area contributed by atoms with E-state index in [-0.39, 0.29) is 11.6 Å². The van der Waals surface area contributed by atoms with Crippen LogP contribution in [-0.4, -0.2) is 25.2 Å².